The highest BCUT2D eigenvalue weighted by atomic mass is 16.5. The minimum absolute atomic E-state index is 0.213. The molecule has 0 spiro atoms. The first kappa shape index (κ1) is 20.2. The van der Waals surface area contributed by atoms with Crippen LogP contribution in [0.2, 0.25) is 0 Å². The average molecular weight is 396 g/mol. The predicted molar refractivity (Wildman–Crippen MR) is 116 cm³/mol. The van der Waals surface area contributed by atoms with Gasteiger partial charge in [-0.15, -0.1) is 0 Å². The summed E-state index contributed by atoms with van der Waals surface area (Å²) < 4.78 is 6.30. The molecule has 2 aromatic rings. The number of fused-ring (bicyclic) bond motifs is 1. The Kier molecular flexibility index (Phi) is 6.09. The van der Waals surface area contributed by atoms with E-state index in [9.17, 15) is 4.79 Å². The molecule has 1 saturated carbocycles. The molecule has 1 N–H and O–H groups in total. The summed E-state index contributed by atoms with van der Waals surface area (Å²) in [6.07, 6.45) is 7.95. The summed E-state index contributed by atoms with van der Waals surface area (Å²) in [5, 5.41) is 11.5. The number of aliphatic carboxylic acids is 1. The largest absolute Gasteiger partial charge is 0.490 e. The van der Waals surface area contributed by atoms with E-state index in [0.29, 0.717) is 19.2 Å². The van der Waals surface area contributed by atoms with Crippen LogP contribution in [0.1, 0.15) is 64.0 Å². The van der Waals surface area contributed by atoms with E-state index in [4.69, 9.17) is 9.84 Å². The minimum atomic E-state index is -0.682. The highest BCUT2D eigenvalue weighted by Gasteiger charge is 2.35. The van der Waals surface area contributed by atoms with E-state index < -0.39 is 5.97 Å². The van der Waals surface area contributed by atoms with Crippen molar-refractivity contribution < 1.29 is 14.6 Å². The van der Waals surface area contributed by atoms with Crippen LogP contribution in [0.3, 0.4) is 0 Å². The van der Waals surface area contributed by atoms with Crippen LogP contribution in [-0.4, -0.2) is 35.2 Å². The standard InChI is InChI=1S/C25H33NO3/c1-3-4-18-5-10-23(11-6-18)29-24-12-9-20-13-19(7-8-21(20)14-24)17(2)26-15-22(16-26)25(27)28/h7-9,12-14,17-18,22-23H,3-6,10-11,15-16H2,1-2H3,(H,27,28). The summed E-state index contributed by atoms with van der Waals surface area (Å²) in [6, 6.07) is 13.2. The molecule has 4 rings (SSSR count). The zero-order chi connectivity index (χ0) is 20.4. The number of rotatable bonds is 7. The van der Waals surface area contributed by atoms with E-state index >= 15 is 0 Å². The van der Waals surface area contributed by atoms with Crippen molar-refractivity contribution in [2.45, 2.75) is 64.5 Å². The molecule has 0 bridgehead atoms. The molecule has 1 saturated heterocycles. The van der Waals surface area contributed by atoms with Gasteiger partial charge in [-0.1, -0.05) is 38.0 Å². The summed E-state index contributed by atoms with van der Waals surface area (Å²) in [4.78, 5) is 13.3. The maximum atomic E-state index is 11.0. The van der Waals surface area contributed by atoms with Crippen LogP contribution < -0.4 is 4.74 Å². The zero-order valence-electron chi connectivity index (χ0n) is 17.6. The Bertz CT molecular complexity index is 850. The van der Waals surface area contributed by atoms with E-state index in [2.05, 4.69) is 55.1 Å². The van der Waals surface area contributed by atoms with Gasteiger partial charge in [-0.25, -0.2) is 0 Å². The second kappa shape index (κ2) is 8.74. The maximum Gasteiger partial charge on any atom is 0.309 e. The van der Waals surface area contributed by atoms with Crippen LogP contribution in [0, 0.1) is 11.8 Å². The molecule has 2 aliphatic rings. The fourth-order valence-corrected chi connectivity index (χ4v) is 4.91. The van der Waals surface area contributed by atoms with Crippen molar-refractivity contribution in [1.82, 2.24) is 4.90 Å². The van der Waals surface area contributed by atoms with Crippen molar-refractivity contribution in [3.05, 3.63) is 42.0 Å². The molecule has 1 unspecified atom stereocenters. The van der Waals surface area contributed by atoms with Crippen molar-refractivity contribution >= 4 is 16.7 Å². The lowest BCUT2D eigenvalue weighted by Crippen LogP contribution is -2.51. The smallest absolute Gasteiger partial charge is 0.309 e. The molecule has 0 amide bonds. The highest BCUT2D eigenvalue weighted by Crippen LogP contribution is 2.33. The molecule has 0 radical (unpaired) electrons. The SMILES string of the molecule is CCCC1CCC(Oc2ccc3cc(C(C)N4CC(C(=O)O)C4)ccc3c2)CC1. The molecule has 156 valence electrons. The Hall–Kier alpha value is -2.07. The first-order chi connectivity index (χ1) is 14.0. The third kappa shape index (κ3) is 4.58. The number of carbonyl (C=O) groups is 1. The van der Waals surface area contributed by atoms with Gasteiger partial charge in [0.25, 0.3) is 0 Å². The van der Waals surface area contributed by atoms with Gasteiger partial charge in [0.15, 0.2) is 0 Å². The normalized spacial score (nSPS) is 24.2. The number of hydrogen-bond donors (Lipinski definition) is 1. The van der Waals surface area contributed by atoms with Gasteiger partial charge >= 0.3 is 5.97 Å². The Morgan fingerprint density at radius 3 is 2.48 bits per heavy atom. The van der Waals surface area contributed by atoms with Crippen LogP contribution in [0.4, 0.5) is 0 Å². The number of carboxylic acid groups (broad SMARTS) is 1. The zero-order valence-corrected chi connectivity index (χ0v) is 17.6. The quantitative estimate of drug-likeness (QED) is 0.658. The van der Waals surface area contributed by atoms with Crippen LogP contribution in [0.25, 0.3) is 10.8 Å². The summed E-state index contributed by atoms with van der Waals surface area (Å²) in [5.74, 6) is 0.978. The van der Waals surface area contributed by atoms with E-state index in [1.54, 1.807) is 0 Å². The fourth-order valence-electron chi connectivity index (χ4n) is 4.91. The second-order valence-corrected chi connectivity index (χ2v) is 8.98. The van der Waals surface area contributed by atoms with Gasteiger partial charge in [-0.05, 0) is 73.1 Å². The van der Waals surface area contributed by atoms with Gasteiger partial charge in [0.1, 0.15) is 5.75 Å². The minimum Gasteiger partial charge on any atom is -0.490 e. The summed E-state index contributed by atoms with van der Waals surface area (Å²) in [7, 11) is 0. The average Bonchev–Trinajstić information content (AvgIpc) is 2.68. The van der Waals surface area contributed by atoms with Gasteiger partial charge in [0.2, 0.25) is 0 Å². The topological polar surface area (TPSA) is 49.8 Å². The van der Waals surface area contributed by atoms with Crippen molar-refractivity contribution in [3.8, 4) is 5.75 Å². The van der Waals surface area contributed by atoms with Gasteiger partial charge in [-0.2, -0.15) is 0 Å². The molecule has 2 aromatic carbocycles. The molecule has 1 atom stereocenters. The van der Waals surface area contributed by atoms with E-state index in [-0.39, 0.29) is 12.0 Å². The highest BCUT2D eigenvalue weighted by molar-refractivity contribution is 5.84. The van der Waals surface area contributed by atoms with Crippen LogP contribution in [0.15, 0.2) is 36.4 Å². The first-order valence-corrected chi connectivity index (χ1v) is 11.2. The van der Waals surface area contributed by atoms with E-state index in [1.165, 1.54) is 54.9 Å². The lowest BCUT2D eigenvalue weighted by atomic mass is 9.85. The van der Waals surface area contributed by atoms with Crippen LogP contribution in [-0.2, 0) is 4.79 Å². The van der Waals surface area contributed by atoms with Crippen molar-refractivity contribution in [2.75, 3.05) is 13.1 Å². The Morgan fingerprint density at radius 2 is 1.79 bits per heavy atom. The Morgan fingerprint density at radius 1 is 1.10 bits per heavy atom. The molecule has 1 aliphatic carbocycles. The lowest BCUT2D eigenvalue weighted by molar-refractivity contribution is -0.148. The number of nitrogens with zero attached hydrogens (tertiary/aromatic N) is 1. The summed E-state index contributed by atoms with van der Waals surface area (Å²) in [6.45, 7) is 5.72. The fraction of sp³-hybridized carbons (Fsp3) is 0.560. The summed E-state index contributed by atoms with van der Waals surface area (Å²) in [5.41, 5.74) is 1.24. The van der Waals surface area contributed by atoms with Gasteiger partial charge in [0.05, 0.1) is 12.0 Å². The molecular weight excluding hydrogens is 362 g/mol. The molecule has 29 heavy (non-hydrogen) atoms. The lowest BCUT2D eigenvalue weighted by Gasteiger charge is -2.41. The van der Waals surface area contributed by atoms with Crippen molar-refractivity contribution in [1.29, 1.82) is 0 Å². The number of ether oxygens (including phenoxy) is 1. The molecule has 4 heteroatoms. The Labute approximate surface area is 173 Å². The van der Waals surface area contributed by atoms with Crippen LogP contribution in [0.5, 0.6) is 5.75 Å². The predicted octanol–water partition coefficient (Wildman–Crippen LogP) is 5.65. The third-order valence-corrected chi connectivity index (χ3v) is 6.92. The monoisotopic (exact) mass is 395 g/mol. The Balaban J connectivity index is 1.38. The molecule has 1 aliphatic heterocycles. The van der Waals surface area contributed by atoms with Gasteiger partial charge < -0.3 is 9.84 Å². The molecule has 4 nitrogen and oxygen atoms in total. The van der Waals surface area contributed by atoms with Crippen LogP contribution >= 0.6 is 0 Å². The van der Waals surface area contributed by atoms with E-state index in [1.807, 2.05) is 0 Å². The summed E-state index contributed by atoms with van der Waals surface area (Å²) >= 11 is 0. The number of likely N-dealkylation sites (tertiary alicyclic amines) is 1. The van der Waals surface area contributed by atoms with Crippen molar-refractivity contribution in [3.63, 3.8) is 0 Å². The number of hydrogen-bond acceptors (Lipinski definition) is 3. The molecule has 2 fully saturated rings. The first-order valence-electron chi connectivity index (χ1n) is 11.2. The maximum absolute atomic E-state index is 11.0. The molecule has 0 aromatic heterocycles. The molecule has 1 heterocycles. The second-order valence-electron chi connectivity index (χ2n) is 8.98. The van der Waals surface area contributed by atoms with Crippen molar-refractivity contribution in [2.24, 2.45) is 11.8 Å². The number of benzene rings is 2. The third-order valence-electron chi connectivity index (χ3n) is 6.92. The molecular formula is C25H33NO3. The van der Waals surface area contributed by atoms with E-state index in [0.717, 1.165) is 11.7 Å². The van der Waals surface area contributed by atoms with Gasteiger partial charge in [-0.3, -0.25) is 9.69 Å². The van der Waals surface area contributed by atoms with Gasteiger partial charge in [0, 0.05) is 19.1 Å². The number of carboxylic acids is 1.